The van der Waals surface area contributed by atoms with Gasteiger partial charge in [0.25, 0.3) is 0 Å². The van der Waals surface area contributed by atoms with E-state index < -0.39 is 0 Å². The number of nitrogens with one attached hydrogen (secondary N) is 1. The molecule has 0 bridgehead atoms. The van der Waals surface area contributed by atoms with Gasteiger partial charge in [-0.2, -0.15) is 0 Å². The minimum atomic E-state index is -0.203. The Bertz CT molecular complexity index is 619. The Labute approximate surface area is 121 Å². The highest BCUT2D eigenvalue weighted by Crippen LogP contribution is 2.28. The van der Waals surface area contributed by atoms with Crippen LogP contribution in [0.25, 0.3) is 4.96 Å². The monoisotopic (exact) mass is 293 g/mol. The summed E-state index contributed by atoms with van der Waals surface area (Å²) < 4.78 is 2.12. The maximum absolute atomic E-state index is 11.4. The van der Waals surface area contributed by atoms with Gasteiger partial charge in [0.1, 0.15) is 0 Å². The summed E-state index contributed by atoms with van der Waals surface area (Å²) in [5.41, 5.74) is 6.60. The lowest BCUT2D eigenvalue weighted by atomic mass is 9.97. The normalized spacial score (nSPS) is 19.6. The van der Waals surface area contributed by atoms with Crippen LogP contribution in [0.3, 0.4) is 0 Å². The molecule has 1 aliphatic rings. The number of rotatable bonds is 4. The summed E-state index contributed by atoms with van der Waals surface area (Å²) in [5, 5.41) is 5.23. The number of piperidine rings is 1. The van der Waals surface area contributed by atoms with Crippen molar-refractivity contribution >= 4 is 28.0 Å². The van der Waals surface area contributed by atoms with Crippen LogP contribution in [0.1, 0.15) is 18.5 Å². The number of aromatic nitrogens is 2. The maximum atomic E-state index is 11.4. The standard InChI is InChI=1S/C13H19N5OS/c1-15-7-10-12(16-13-18(10)5-6-20-13)17-4-2-3-9(8-17)11(14)19/h5-6,9,15H,2-4,7-8H2,1H3,(H2,14,19). The zero-order valence-corrected chi connectivity index (χ0v) is 12.3. The quantitative estimate of drug-likeness (QED) is 0.875. The molecule has 1 aliphatic heterocycles. The first-order valence-corrected chi connectivity index (χ1v) is 7.72. The molecule has 1 amide bonds. The largest absolute Gasteiger partial charge is 0.369 e. The molecule has 7 heteroatoms. The van der Waals surface area contributed by atoms with Crippen LogP contribution in [0, 0.1) is 5.92 Å². The van der Waals surface area contributed by atoms with Crippen molar-refractivity contribution < 1.29 is 4.79 Å². The Morgan fingerprint density at radius 3 is 3.25 bits per heavy atom. The van der Waals surface area contributed by atoms with Crippen molar-refractivity contribution in [2.24, 2.45) is 11.7 Å². The second-order valence-corrected chi connectivity index (χ2v) is 6.03. The van der Waals surface area contributed by atoms with E-state index in [-0.39, 0.29) is 11.8 Å². The molecule has 2 aromatic heterocycles. The summed E-state index contributed by atoms with van der Waals surface area (Å²) in [6, 6.07) is 0. The minimum Gasteiger partial charge on any atom is -0.369 e. The average molecular weight is 293 g/mol. The summed E-state index contributed by atoms with van der Waals surface area (Å²) in [5.74, 6) is 0.717. The highest BCUT2D eigenvalue weighted by atomic mass is 32.1. The van der Waals surface area contributed by atoms with Gasteiger partial charge in [0, 0.05) is 31.2 Å². The van der Waals surface area contributed by atoms with Gasteiger partial charge in [-0.25, -0.2) is 4.98 Å². The fourth-order valence-corrected chi connectivity index (χ4v) is 3.54. The molecule has 0 aromatic carbocycles. The van der Waals surface area contributed by atoms with Gasteiger partial charge in [-0.1, -0.05) is 0 Å². The van der Waals surface area contributed by atoms with Crippen LogP contribution in [0.2, 0.25) is 0 Å². The van der Waals surface area contributed by atoms with Crippen molar-refractivity contribution in [2.75, 3.05) is 25.0 Å². The predicted octanol–water partition coefficient (Wildman–Crippen LogP) is 0.817. The van der Waals surface area contributed by atoms with Gasteiger partial charge in [0.05, 0.1) is 11.6 Å². The summed E-state index contributed by atoms with van der Waals surface area (Å²) in [6.45, 7) is 2.37. The Balaban J connectivity index is 1.94. The second kappa shape index (κ2) is 5.41. The highest BCUT2D eigenvalue weighted by Gasteiger charge is 2.27. The zero-order chi connectivity index (χ0) is 14.1. The molecule has 3 heterocycles. The van der Waals surface area contributed by atoms with Crippen molar-refractivity contribution in [2.45, 2.75) is 19.4 Å². The number of primary amides is 1. The summed E-state index contributed by atoms with van der Waals surface area (Å²) in [4.78, 5) is 19.3. The molecule has 1 fully saturated rings. The van der Waals surface area contributed by atoms with Gasteiger partial charge in [-0.15, -0.1) is 11.3 Å². The van der Waals surface area contributed by atoms with Crippen LogP contribution in [-0.4, -0.2) is 35.4 Å². The van der Waals surface area contributed by atoms with E-state index in [9.17, 15) is 4.79 Å². The van der Waals surface area contributed by atoms with E-state index in [0.29, 0.717) is 6.54 Å². The molecule has 0 radical (unpaired) electrons. The number of thiazole rings is 1. The van der Waals surface area contributed by atoms with Crippen LogP contribution in [-0.2, 0) is 11.3 Å². The van der Waals surface area contributed by atoms with Gasteiger partial charge in [-0.05, 0) is 19.9 Å². The molecule has 2 aromatic rings. The number of carbonyl (C=O) groups excluding carboxylic acids is 1. The molecule has 1 saturated heterocycles. The predicted molar refractivity (Wildman–Crippen MR) is 80.0 cm³/mol. The first-order valence-electron chi connectivity index (χ1n) is 6.84. The van der Waals surface area contributed by atoms with E-state index in [1.165, 1.54) is 0 Å². The molecule has 108 valence electrons. The number of amides is 1. The summed E-state index contributed by atoms with van der Waals surface area (Å²) >= 11 is 1.63. The molecule has 0 aliphatic carbocycles. The minimum absolute atomic E-state index is 0.0640. The van der Waals surface area contributed by atoms with Gasteiger partial charge >= 0.3 is 0 Å². The molecule has 3 N–H and O–H groups in total. The van der Waals surface area contributed by atoms with E-state index in [2.05, 4.69) is 14.6 Å². The fourth-order valence-electron chi connectivity index (χ4n) is 2.81. The van der Waals surface area contributed by atoms with E-state index in [4.69, 9.17) is 10.7 Å². The summed E-state index contributed by atoms with van der Waals surface area (Å²) in [6.07, 6.45) is 3.91. The number of nitrogens with two attached hydrogens (primary N) is 1. The Kier molecular flexibility index (Phi) is 3.62. The molecular formula is C13H19N5OS. The topological polar surface area (TPSA) is 75.7 Å². The van der Waals surface area contributed by atoms with E-state index in [1.807, 2.05) is 18.6 Å². The smallest absolute Gasteiger partial charge is 0.222 e. The third-order valence-electron chi connectivity index (χ3n) is 3.81. The van der Waals surface area contributed by atoms with Gasteiger partial charge in [-0.3, -0.25) is 9.20 Å². The van der Waals surface area contributed by atoms with E-state index >= 15 is 0 Å². The number of hydrogen-bond acceptors (Lipinski definition) is 5. The number of hydrogen-bond donors (Lipinski definition) is 2. The van der Waals surface area contributed by atoms with Crippen LogP contribution in [0.15, 0.2) is 11.6 Å². The maximum Gasteiger partial charge on any atom is 0.222 e. The van der Waals surface area contributed by atoms with Crippen molar-refractivity contribution in [3.8, 4) is 0 Å². The lowest BCUT2D eigenvalue weighted by molar-refractivity contribution is -0.122. The van der Waals surface area contributed by atoms with Gasteiger partial charge in [0.2, 0.25) is 5.91 Å². The summed E-state index contributed by atoms with van der Waals surface area (Å²) in [7, 11) is 1.93. The Hall–Kier alpha value is -1.60. The Morgan fingerprint density at radius 2 is 2.50 bits per heavy atom. The average Bonchev–Trinajstić information content (AvgIpc) is 3.02. The molecular weight excluding hydrogens is 274 g/mol. The van der Waals surface area contributed by atoms with Gasteiger partial charge < -0.3 is 16.0 Å². The zero-order valence-electron chi connectivity index (χ0n) is 11.5. The number of carbonyl (C=O) groups is 1. The number of nitrogens with zero attached hydrogens (tertiary/aromatic N) is 3. The van der Waals surface area contributed by atoms with Crippen LogP contribution < -0.4 is 16.0 Å². The number of imidazole rings is 1. The Morgan fingerprint density at radius 1 is 1.65 bits per heavy atom. The van der Waals surface area contributed by atoms with Crippen molar-refractivity contribution in [1.82, 2.24) is 14.7 Å². The van der Waals surface area contributed by atoms with Crippen molar-refractivity contribution in [1.29, 1.82) is 0 Å². The van der Waals surface area contributed by atoms with Crippen molar-refractivity contribution in [3.63, 3.8) is 0 Å². The number of fused-ring (bicyclic) bond motifs is 1. The lowest BCUT2D eigenvalue weighted by Crippen LogP contribution is -2.41. The first kappa shape index (κ1) is 13.4. The lowest BCUT2D eigenvalue weighted by Gasteiger charge is -2.32. The third-order valence-corrected chi connectivity index (χ3v) is 4.56. The molecule has 0 spiro atoms. The number of anilines is 1. The first-order chi connectivity index (χ1) is 9.70. The van der Waals surface area contributed by atoms with E-state index in [1.54, 1.807) is 11.3 Å². The second-order valence-electron chi connectivity index (χ2n) is 5.16. The van der Waals surface area contributed by atoms with Gasteiger partial charge in [0.15, 0.2) is 10.8 Å². The molecule has 6 nitrogen and oxygen atoms in total. The molecule has 20 heavy (non-hydrogen) atoms. The molecule has 3 rings (SSSR count). The van der Waals surface area contributed by atoms with Crippen molar-refractivity contribution in [3.05, 3.63) is 17.3 Å². The molecule has 1 unspecified atom stereocenters. The molecule has 1 atom stereocenters. The third kappa shape index (κ3) is 2.27. The molecule has 0 saturated carbocycles. The van der Waals surface area contributed by atoms with Crippen LogP contribution in [0.5, 0.6) is 0 Å². The SMILES string of the molecule is CNCc1c(N2CCCC(C(N)=O)C2)nc2sccn12. The van der Waals surface area contributed by atoms with Crippen LogP contribution in [0.4, 0.5) is 5.82 Å². The van der Waals surface area contributed by atoms with E-state index in [0.717, 1.165) is 42.4 Å². The highest BCUT2D eigenvalue weighted by molar-refractivity contribution is 7.15. The van der Waals surface area contributed by atoms with Crippen LogP contribution >= 0.6 is 11.3 Å². The fraction of sp³-hybridized carbons (Fsp3) is 0.538.